The maximum Gasteiger partial charge on any atom is 0.126 e. The highest BCUT2D eigenvalue weighted by molar-refractivity contribution is 7.84. The second-order valence-corrected chi connectivity index (χ2v) is 13.3. The number of hydrogen-bond acceptors (Lipinski definition) is 5. The number of unbranched alkanes of at least 4 members (excludes halogenated alkanes) is 4. The summed E-state index contributed by atoms with van der Waals surface area (Å²) in [6.07, 6.45) is 10.5. The molecule has 1 saturated heterocycles. The van der Waals surface area contributed by atoms with Gasteiger partial charge in [-0.1, -0.05) is 57.7 Å². The molecule has 5 nitrogen and oxygen atoms in total. The van der Waals surface area contributed by atoms with E-state index < -0.39 is 10.8 Å². The van der Waals surface area contributed by atoms with E-state index in [1.807, 2.05) is 18.2 Å². The van der Waals surface area contributed by atoms with Crippen LogP contribution in [-0.4, -0.2) is 57.1 Å². The number of fused-ring (bicyclic) bond motifs is 1. The van der Waals surface area contributed by atoms with Crippen molar-refractivity contribution in [2.75, 3.05) is 37.7 Å². The molecule has 2 N–H and O–H groups in total. The van der Waals surface area contributed by atoms with Gasteiger partial charge in [0.2, 0.25) is 0 Å². The third kappa shape index (κ3) is 7.53. The van der Waals surface area contributed by atoms with Crippen molar-refractivity contribution in [3.8, 4) is 17.2 Å². The van der Waals surface area contributed by atoms with Crippen molar-refractivity contribution in [3.05, 3.63) is 53.6 Å². The Morgan fingerprint density at radius 1 is 0.974 bits per heavy atom. The smallest absolute Gasteiger partial charge is 0.126 e. The van der Waals surface area contributed by atoms with E-state index in [4.69, 9.17) is 4.74 Å². The summed E-state index contributed by atoms with van der Waals surface area (Å²) in [5.74, 6) is 4.02. The summed E-state index contributed by atoms with van der Waals surface area (Å²) in [4.78, 5) is 2.60. The molecule has 0 aromatic heterocycles. The molecule has 2 aliphatic heterocycles. The molecule has 0 aliphatic carbocycles. The van der Waals surface area contributed by atoms with Gasteiger partial charge in [-0.15, -0.1) is 0 Å². The van der Waals surface area contributed by atoms with Crippen LogP contribution < -0.4 is 4.74 Å². The van der Waals surface area contributed by atoms with E-state index in [-0.39, 0.29) is 22.8 Å². The van der Waals surface area contributed by atoms with Gasteiger partial charge in [0.05, 0.1) is 6.61 Å². The second-order valence-electron chi connectivity index (χ2n) is 11.7. The van der Waals surface area contributed by atoms with Gasteiger partial charge in [-0.2, -0.15) is 0 Å². The van der Waals surface area contributed by atoms with Crippen LogP contribution in [0, 0.1) is 5.92 Å². The molecule has 210 valence electrons. The third-order valence-corrected chi connectivity index (χ3v) is 10.4. The van der Waals surface area contributed by atoms with Crippen LogP contribution in [0.25, 0.3) is 0 Å². The average Bonchev–Trinajstić information content (AvgIpc) is 2.91. The van der Waals surface area contributed by atoms with E-state index in [9.17, 15) is 14.4 Å². The zero-order valence-corrected chi connectivity index (χ0v) is 24.2. The van der Waals surface area contributed by atoms with E-state index >= 15 is 0 Å². The standard InChI is InChI=1S/C32H47NO4S/c1-3-4-8-21-38(36)23-25-16-19-33(20-17-25)18-7-5-6-9-30-29-15-14-28(35)22-31(29)37-24-32(30,2)26-10-12-27(34)13-11-26/h10-15,22,25,30,34-35H,3-9,16-21,23-24H2,1-2H3. The fourth-order valence-corrected chi connectivity index (χ4v) is 7.86. The molecule has 2 heterocycles. The van der Waals surface area contributed by atoms with Gasteiger partial charge in [0.15, 0.2) is 0 Å². The molecular weight excluding hydrogens is 494 g/mol. The van der Waals surface area contributed by atoms with E-state index in [1.54, 1.807) is 24.3 Å². The zero-order chi connectivity index (χ0) is 27.0. The number of nitrogens with zero attached hydrogens (tertiary/aromatic N) is 1. The van der Waals surface area contributed by atoms with Gasteiger partial charge in [0, 0.05) is 39.7 Å². The van der Waals surface area contributed by atoms with E-state index in [0.717, 1.165) is 56.2 Å². The summed E-state index contributed by atoms with van der Waals surface area (Å²) in [6, 6.07) is 13.1. The molecule has 2 aromatic carbocycles. The number of phenolic OH excluding ortho intramolecular Hbond substituents is 2. The third-order valence-electron chi connectivity index (χ3n) is 8.77. The van der Waals surface area contributed by atoms with Gasteiger partial charge in [0.1, 0.15) is 17.2 Å². The first-order chi connectivity index (χ1) is 18.4. The highest BCUT2D eigenvalue weighted by Crippen LogP contribution is 2.49. The molecule has 4 rings (SSSR count). The summed E-state index contributed by atoms with van der Waals surface area (Å²) in [5.41, 5.74) is 2.14. The maximum absolute atomic E-state index is 12.4. The van der Waals surface area contributed by atoms with Crippen LogP contribution in [0.15, 0.2) is 42.5 Å². The van der Waals surface area contributed by atoms with Crippen LogP contribution in [0.1, 0.15) is 88.7 Å². The Hall–Kier alpha value is -2.05. The number of ether oxygens (including phenoxy) is 1. The summed E-state index contributed by atoms with van der Waals surface area (Å²) in [7, 11) is -0.633. The molecular formula is C32H47NO4S. The molecule has 6 heteroatoms. The zero-order valence-electron chi connectivity index (χ0n) is 23.4. The van der Waals surface area contributed by atoms with Crippen LogP contribution in [0.2, 0.25) is 0 Å². The first kappa shape index (κ1) is 28.9. The molecule has 0 bridgehead atoms. The van der Waals surface area contributed by atoms with Crippen LogP contribution in [-0.2, 0) is 16.2 Å². The average molecular weight is 542 g/mol. The molecule has 1 fully saturated rings. The lowest BCUT2D eigenvalue weighted by atomic mass is 9.66. The summed E-state index contributed by atoms with van der Waals surface area (Å²) in [6.45, 7) is 8.46. The molecule has 0 saturated carbocycles. The van der Waals surface area contributed by atoms with E-state index in [0.29, 0.717) is 12.5 Å². The fourth-order valence-electron chi connectivity index (χ4n) is 6.30. The number of rotatable bonds is 13. The fraction of sp³-hybridized carbons (Fsp3) is 0.625. The number of likely N-dealkylation sites (tertiary alicyclic amines) is 1. The van der Waals surface area contributed by atoms with Gasteiger partial charge in [0.25, 0.3) is 0 Å². The lowest BCUT2D eigenvalue weighted by Gasteiger charge is -2.43. The van der Waals surface area contributed by atoms with Gasteiger partial charge >= 0.3 is 0 Å². The lowest BCUT2D eigenvalue weighted by Crippen LogP contribution is -2.40. The number of benzene rings is 2. The molecule has 0 spiro atoms. The normalized spacial score (nSPS) is 23.1. The molecule has 38 heavy (non-hydrogen) atoms. The largest absolute Gasteiger partial charge is 0.508 e. The Kier molecular flexibility index (Phi) is 10.5. The quantitative estimate of drug-likeness (QED) is 0.275. The SMILES string of the molecule is CCCCCS(=O)CC1CCN(CCCCCC2c3ccc(O)cc3OCC2(C)c2ccc(O)cc2)CC1. The summed E-state index contributed by atoms with van der Waals surface area (Å²) in [5, 5.41) is 19.8. The molecule has 0 amide bonds. The molecule has 0 radical (unpaired) electrons. The molecule has 2 aromatic rings. The number of hydrogen-bond donors (Lipinski definition) is 2. The number of phenols is 2. The van der Waals surface area contributed by atoms with Gasteiger partial charge in [-0.3, -0.25) is 4.21 Å². The van der Waals surface area contributed by atoms with Crippen LogP contribution in [0.5, 0.6) is 17.2 Å². The van der Waals surface area contributed by atoms with Crippen molar-refractivity contribution < 1.29 is 19.2 Å². The first-order valence-electron chi connectivity index (χ1n) is 14.7. The molecule has 3 atom stereocenters. The summed E-state index contributed by atoms with van der Waals surface area (Å²) < 4.78 is 18.5. The van der Waals surface area contributed by atoms with Gasteiger partial charge in [-0.25, -0.2) is 0 Å². The van der Waals surface area contributed by atoms with Crippen LogP contribution in [0.3, 0.4) is 0 Å². The number of piperidine rings is 1. The highest BCUT2D eigenvalue weighted by atomic mass is 32.2. The van der Waals surface area contributed by atoms with Crippen molar-refractivity contribution in [2.45, 2.75) is 83.0 Å². The lowest BCUT2D eigenvalue weighted by molar-refractivity contribution is 0.161. The van der Waals surface area contributed by atoms with Crippen molar-refractivity contribution in [1.29, 1.82) is 0 Å². The van der Waals surface area contributed by atoms with E-state index in [2.05, 4.69) is 18.7 Å². The molecule has 2 aliphatic rings. The Labute approximate surface area is 232 Å². The second kappa shape index (κ2) is 13.8. The van der Waals surface area contributed by atoms with Gasteiger partial charge in [-0.05, 0) is 87.0 Å². The Morgan fingerprint density at radius 2 is 1.71 bits per heavy atom. The predicted molar refractivity (Wildman–Crippen MR) is 157 cm³/mol. The van der Waals surface area contributed by atoms with Crippen molar-refractivity contribution >= 4 is 10.8 Å². The Morgan fingerprint density at radius 3 is 2.45 bits per heavy atom. The minimum absolute atomic E-state index is 0.198. The first-order valence-corrected chi connectivity index (χ1v) is 16.2. The monoisotopic (exact) mass is 541 g/mol. The van der Waals surface area contributed by atoms with Crippen molar-refractivity contribution in [3.63, 3.8) is 0 Å². The highest BCUT2D eigenvalue weighted by Gasteiger charge is 2.42. The van der Waals surface area contributed by atoms with Crippen molar-refractivity contribution in [1.82, 2.24) is 4.90 Å². The van der Waals surface area contributed by atoms with Crippen LogP contribution >= 0.6 is 0 Å². The topological polar surface area (TPSA) is 70.0 Å². The number of aromatic hydroxyl groups is 2. The van der Waals surface area contributed by atoms with Crippen LogP contribution in [0.4, 0.5) is 0 Å². The maximum atomic E-state index is 12.4. The predicted octanol–water partition coefficient (Wildman–Crippen LogP) is 6.74. The Bertz CT molecular complexity index is 1030. The van der Waals surface area contributed by atoms with E-state index in [1.165, 1.54) is 49.7 Å². The minimum Gasteiger partial charge on any atom is -0.508 e. The Balaban J connectivity index is 1.25. The van der Waals surface area contributed by atoms with Crippen molar-refractivity contribution in [2.24, 2.45) is 5.92 Å². The summed E-state index contributed by atoms with van der Waals surface area (Å²) >= 11 is 0. The van der Waals surface area contributed by atoms with Gasteiger partial charge < -0.3 is 19.8 Å². The molecule has 3 unspecified atom stereocenters. The minimum atomic E-state index is -0.633.